The van der Waals surface area contributed by atoms with E-state index in [1.807, 2.05) is 18.4 Å². The van der Waals surface area contributed by atoms with Crippen LogP contribution in [0.4, 0.5) is 0 Å². The van der Waals surface area contributed by atoms with Gasteiger partial charge in [0.15, 0.2) is 0 Å². The third kappa shape index (κ3) is 3.14. The number of hydrogen-bond donors (Lipinski definition) is 1. The Kier molecular flexibility index (Phi) is 4.82. The lowest BCUT2D eigenvalue weighted by atomic mass is 9.91. The monoisotopic (exact) mass is 267 g/mol. The average Bonchev–Trinajstić information content (AvgIpc) is 2.69. The molecule has 0 bridgehead atoms. The molecule has 1 aliphatic rings. The molecular weight excluding hydrogens is 242 g/mol. The number of nitrogens with one attached hydrogen (secondary N) is 1. The van der Waals surface area contributed by atoms with E-state index in [1.165, 1.54) is 41.0 Å². The summed E-state index contributed by atoms with van der Waals surface area (Å²) in [6, 6.07) is 3.26. The van der Waals surface area contributed by atoms with Crippen LogP contribution in [0.25, 0.3) is 0 Å². The fraction of sp³-hybridized carbons (Fsp3) is 0.733. The van der Waals surface area contributed by atoms with Gasteiger partial charge in [0.05, 0.1) is 6.10 Å². The van der Waals surface area contributed by atoms with E-state index in [1.54, 1.807) is 0 Å². The highest BCUT2D eigenvalue weighted by atomic mass is 32.1. The van der Waals surface area contributed by atoms with Crippen molar-refractivity contribution in [1.82, 2.24) is 5.32 Å². The highest BCUT2D eigenvalue weighted by molar-refractivity contribution is 7.12. The zero-order valence-electron chi connectivity index (χ0n) is 12.0. The standard InChI is InChI=1S/C15H25NOS/c1-10-9-13(12(3)18-10)11(2)16-14-7-5-6-8-15(14)17-4/h9,11,14-16H,5-8H2,1-4H3. The van der Waals surface area contributed by atoms with Gasteiger partial charge in [-0.1, -0.05) is 12.8 Å². The number of rotatable bonds is 4. The average molecular weight is 267 g/mol. The number of thiophene rings is 1. The van der Waals surface area contributed by atoms with E-state index in [4.69, 9.17) is 4.74 Å². The summed E-state index contributed by atoms with van der Waals surface area (Å²) in [6.07, 6.45) is 5.46. The van der Waals surface area contributed by atoms with Crippen LogP contribution in [0.2, 0.25) is 0 Å². The molecule has 1 saturated carbocycles. The first kappa shape index (κ1) is 14.0. The molecule has 1 aliphatic carbocycles. The van der Waals surface area contributed by atoms with Crippen LogP contribution in [0.5, 0.6) is 0 Å². The topological polar surface area (TPSA) is 21.3 Å². The lowest BCUT2D eigenvalue weighted by Gasteiger charge is -2.33. The summed E-state index contributed by atoms with van der Waals surface area (Å²) in [5, 5.41) is 3.77. The van der Waals surface area contributed by atoms with Gasteiger partial charge < -0.3 is 10.1 Å². The molecule has 2 nitrogen and oxygen atoms in total. The fourth-order valence-corrected chi connectivity index (χ4v) is 4.08. The maximum absolute atomic E-state index is 5.62. The lowest BCUT2D eigenvalue weighted by Crippen LogP contribution is -2.44. The van der Waals surface area contributed by atoms with Crippen molar-refractivity contribution in [3.05, 3.63) is 21.4 Å². The Morgan fingerprint density at radius 1 is 1.33 bits per heavy atom. The smallest absolute Gasteiger partial charge is 0.0724 e. The zero-order valence-corrected chi connectivity index (χ0v) is 12.8. The van der Waals surface area contributed by atoms with Crippen LogP contribution in [0, 0.1) is 13.8 Å². The number of methoxy groups -OCH3 is 1. The van der Waals surface area contributed by atoms with E-state index in [9.17, 15) is 0 Å². The van der Waals surface area contributed by atoms with E-state index < -0.39 is 0 Å². The molecule has 1 heterocycles. The van der Waals surface area contributed by atoms with Gasteiger partial charge in [-0.3, -0.25) is 0 Å². The first-order valence-corrected chi connectivity index (χ1v) is 7.79. The third-order valence-electron chi connectivity index (χ3n) is 4.02. The van der Waals surface area contributed by atoms with Crippen LogP contribution in [0.1, 0.15) is 54.0 Å². The summed E-state index contributed by atoms with van der Waals surface area (Å²) in [5.41, 5.74) is 1.46. The van der Waals surface area contributed by atoms with Crippen molar-refractivity contribution in [1.29, 1.82) is 0 Å². The molecule has 1 fully saturated rings. The normalized spacial score (nSPS) is 26.2. The Balaban J connectivity index is 2.01. The molecule has 0 radical (unpaired) electrons. The maximum atomic E-state index is 5.62. The summed E-state index contributed by atoms with van der Waals surface area (Å²) in [7, 11) is 1.84. The summed E-state index contributed by atoms with van der Waals surface area (Å²) >= 11 is 1.89. The minimum atomic E-state index is 0.390. The molecule has 18 heavy (non-hydrogen) atoms. The highest BCUT2D eigenvalue weighted by Gasteiger charge is 2.26. The third-order valence-corrected chi connectivity index (χ3v) is 5.00. The van der Waals surface area contributed by atoms with E-state index in [2.05, 4.69) is 32.2 Å². The van der Waals surface area contributed by atoms with Gasteiger partial charge >= 0.3 is 0 Å². The molecule has 3 atom stereocenters. The molecule has 0 amide bonds. The van der Waals surface area contributed by atoms with Gasteiger partial charge in [0.25, 0.3) is 0 Å². The first-order valence-electron chi connectivity index (χ1n) is 6.97. The van der Waals surface area contributed by atoms with Crippen LogP contribution < -0.4 is 5.32 Å². The molecule has 3 unspecified atom stereocenters. The molecule has 0 aliphatic heterocycles. The van der Waals surface area contributed by atoms with Crippen molar-refractivity contribution >= 4 is 11.3 Å². The summed E-state index contributed by atoms with van der Waals surface area (Å²) in [6.45, 7) is 6.68. The SMILES string of the molecule is COC1CCCCC1NC(C)c1cc(C)sc1C. The van der Waals surface area contributed by atoms with Crippen molar-refractivity contribution in [3.8, 4) is 0 Å². The molecule has 1 N–H and O–H groups in total. The van der Waals surface area contributed by atoms with Crippen LogP contribution in [0.15, 0.2) is 6.07 Å². The summed E-state index contributed by atoms with van der Waals surface area (Å²) in [4.78, 5) is 2.85. The van der Waals surface area contributed by atoms with Gasteiger partial charge in [-0.15, -0.1) is 11.3 Å². The maximum Gasteiger partial charge on any atom is 0.0724 e. The van der Waals surface area contributed by atoms with Gasteiger partial charge in [-0.2, -0.15) is 0 Å². The van der Waals surface area contributed by atoms with Gasteiger partial charge in [0, 0.05) is 28.9 Å². The minimum absolute atomic E-state index is 0.390. The van der Waals surface area contributed by atoms with Crippen molar-refractivity contribution in [2.75, 3.05) is 7.11 Å². The minimum Gasteiger partial charge on any atom is -0.380 e. The van der Waals surface area contributed by atoms with Gasteiger partial charge in [-0.05, 0) is 45.2 Å². The Morgan fingerprint density at radius 2 is 2.06 bits per heavy atom. The van der Waals surface area contributed by atoms with E-state index in [-0.39, 0.29) is 0 Å². The highest BCUT2D eigenvalue weighted by Crippen LogP contribution is 2.28. The van der Waals surface area contributed by atoms with Crippen LogP contribution in [0.3, 0.4) is 0 Å². The Labute approximate surface area is 115 Å². The second-order valence-electron chi connectivity index (χ2n) is 5.42. The van der Waals surface area contributed by atoms with Crippen molar-refractivity contribution < 1.29 is 4.74 Å². The van der Waals surface area contributed by atoms with Gasteiger partial charge in [-0.25, -0.2) is 0 Å². The second kappa shape index (κ2) is 6.18. The zero-order chi connectivity index (χ0) is 13.1. The largest absolute Gasteiger partial charge is 0.380 e. The number of hydrogen-bond acceptors (Lipinski definition) is 3. The van der Waals surface area contributed by atoms with Crippen molar-refractivity contribution in [2.45, 2.75) is 64.6 Å². The van der Waals surface area contributed by atoms with Gasteiger partial charge in [0.1, 0.15) is 0 Å². The summed E-state index contributed by atoms with van der Waals surface area (Å²) < 4.78 is 5.62. The molecular formula is C15H25NOS. The molecule has 2 rings (SSSR count). The van der Waals surface area contributed by atoms with Crippen LogP contribution in [-0.4, -0.2) is 19.3 Å². The molecule has 1 aromatic heterocycles. The van der Waals surface area contributed by atoms with E-state index in [0.717, 1.165) is 0 Å². The first-order chi connectivity index (χ1) is 8.61. The quantitative estimate of drug-likeness (QED) is 0.891. The molecule has 0 saturated heterocycles. The Hall–Kier alpha value is -0.380. The van der Waals surface area contributed by atoms with E-state index in [0.29, 0.717) is 18.2 Å². The van der Waals surface area contributed by atoms with Crippen LogP contribution >= 0.6 is 11.3 Å². The molecule has 3 heteroatoms. The predicted octanol–water partition coefficient (Wildman–Crippen LogP) is 3.97. The summed E-state index contributed by atoms with van der Waals surface area (Å²) in [5.74, 6) is 0. The number of ether oxygens (including phenoxy) is 1. The molecule has 0 aromatic carbocycles. The van der Waals surface area contributed by atoms with Gasteiger partial charge in [0.2, 0.25) is 0 Å². The fourth-order valence-electron chi connectivity index (χ4n) is 3.06. The number of aryl methyl sites for hydroxylation is 2. The lowest BCUT2D eigenvalue weighted by molar-refractivity contribution is 0.0384. The van der Waals surface area contributed by atoms with E-state index >= 15 is 0 Å². The van der Waals surface area contributed by atoms with Crippen molar-refractivity contribution in [3.63, 3.8) is 0 Å². The molecule has 0 spiro atoms. The molecule has 1 aromatic rings. The Bertz CT molecular complexity index is 388. The molecule has 102 valence electrons. The predicted molar refractivity (Wildman–Crippen MR) is 78.4 cm³/mol. The Morgan fingerprint density at radius 3 is 2.67 bits per heavy atom. The van der Waals surface area contributed by atoms with Crippen LogP contribution in [-0.2, 0) is 4.74 Å². The second-order valence-corrected chi connectivity index (χ2v) is 6.88. The van der Waals surface area contributed by atoms with Crippen molar-refractivity contribution in [2.24, 2.45) is 0 Å².